The van der Waals surface area contributed by atoms with E-state index in [9.17, 15) is 4.79 Å². The Morgan fingerprint density at radius 1 is 1.10 bits per heavy atom. The van der Waals surface area contributed by atoms with E-state index in [4.69, 9.17) is 4.74 Å². The van der Waals surface area contributed by atoms with E-state index in [-0.39, 0.29) is 5.91 Å². The van der Waals surface area contributed by atoms with Gasteiger partial charge in [0.1, 0.15) is 5.75 Å². The largest absolute Gasteiger partial charge is 0.496 e. The fraction of sp³-hybridized carbons (Fsp3) is 0.278. The molecule has 0 bridgehead atoms. The Bertz CT molecular complexity index is 590. The third-order valence-corrected chi connectivity index (χ3v) is 3.43. The van der Waals surface area contributed by atoms with Gasteiger partial charge in [0.15, 0.2) is 0 Å². The number of carbonyl (C=O) groups is 1. The van der Waals surface area contributed by atoms with Crippen molar-refractivity contribution in [1.82, 2.24) is 5.32 Å². The Morgan fingerprint density at radius 3 is 2.52 bits per heavy atom. The minimum atomic E-state index is 0.0569. The van der Waals surface area contributed by atoms with Gasteiger partial charge in [0.25, 0.3) is 0 Å². The van der Waals surface area contributed by atoms with E-state index >= 15 is 0 Å². The predicted molar refractivity (Wildman–Crippen MR) is 84.3 cm³/mol. The predicted octanol–water partition coefficient (Wildman–Crippen LogP) is 3.25. The molecular weight excluding hydrogens is 262 g/mol. The molecular formula is C18H21NO2. The molecule has 0 radical (unpaired) electrons. The van der Waals surface area contributed by atoms with Crippen LogP contribution < -0.4 is 10.1 Å². The van der Waals surface area contributed by atoms with Crippen LogP contribution in [0.3, 0.4) is 0 Å². The number of methoxy groups -OCH3 is 1. The number of hydrogen-bond acceptors (Lipinski definition) is 2. The second-order valence-corrected chi connectivity index (χ2v) is 5.07. The zero-order valence-electron chi connectivity index (χ0n) is 12.6. The lowest BCUT2D eigenvalue weighted by atomic mass is 10.1. The molecule has 3 nitrogen and oxygen atoms in total. The van der Waals surface area contributed by atoms with Crippen molar-refractivity contribution in [2.24, 2.45) is 0 Å². The van der Waals surface area contributed by atoms with Crippen LogP contribution in [0.1, 0.15) is 23.1 Å². The van der Waals surface area contributed by atoms with Crippen molar-refractivity contribution in [3.8, 4) is 5.75 Å². The van der Waals surface area contributed by atoms with E-state index in [0.717, 1.165) is 17.7 Å². The molecule has 1 amide bonds. The van der Waals surface area contributed by atoms with Gasteiger partial charge in [-0.05, 0) is 25.0 Å². The molecule has 0 saturated carbocycles. The van der Waals surface area contributed by atoms with Crippen molar-refractivity contribution >= 4 is 5.91 Å². The third kappa shape index (κ3) is 4.63. The zero-order chi connectivity index (χ0) is 15.1. The molecule has 0 saturated heterocycles. The number of amides is 1. The maximum Gasteiger partial charge on any atom is 0.220 e. The average Bonchev–Trinajstić information content (AvgIpc) is 2.52. The van der Waals surface area contributed by atoms with Gasteiger partial charge in [0.05, 0.1) is 7.11 Å². The van der Waals surface area contributed by atoms with Crippen LogP contribution in [-0.4, -0.2) is 13.0 Å². The van der Waals surface area contributed by atoms with Gasteiger partial charge >= 0.3 is 0 Å². The van der Waals surface area contributed by atoms with Gasteiger partial charge in [-0.1, -0.05) is 48.0 Å². The van der Waals surface area contributed by atoms with Crippen molar-refractivity contribution in [2.75, 3.05) is 7.11 Å². The number of carbonyl (C=O) groups excluding carboxylic acids is 1. The van der Waals surface area contributed by atoms with Crippen molar-refractivity contribution < 1.29 is 9.53 Å². The molecule has 21 heavy (non-hydrogen) atoms. The molecule has 3 heteroatoms. The molecule has 2 aromatic carbocycles. The number of rotatable bonds is 6. The normalized spacial score (nSPS) is 10.2. The van der Waals surface area contributed by atoms with E-state index in [0.29, 0.717) is 13.0 Å². The van der Waals surface area contributed by atoms with Gasteiger partial charge in [-0.25, -0.2) is 0 Å². The highest BCUT2D eigenvalue weighted by Crippen LogP contribution is 2.16. The van der Waals surface area contributed by atoms with Crippen LogP contribution in [0.15, 0.2) is 48.5 Å². The Labute approximate surface area is 126 Å². The molecule has 0 unspecified atom stereocenters. The molecule has 0 heterocycles. The van der Waals surface area contributed by atoms with Gasteiger partial charge in [0, 0.05) is 18.5 Å². The van der Waals surface area contributed by atoms with Crippen LogP contribution in [0.2, 0.25) is 0 Å². The molecule has 2 rings (SSSR count). The minimum Gasteiger partial charge on any atom is -0.496 e. The van der Waals surface area contributed by atoms with Gasteiger partial charge < -0.3 is 10.1 Å². The molecule has 0 atom stereocenters. The molecule has 0 aliphatic heterocycles. The SMILES string of the molecule is COc1ccccc1CNC(=O)CCc1ccc(C)cc1. The first-order valence-corrected chi connectivity index (χ1v) is 7.13. The van der Waals surface area contributed by atoms with Crippen LogP contribution in [0.5, 0.6) is 5.75 Å². The molecule has 2 aromatic rings. The summed E-state index contributed by atoms with van der Waals surface area (Å²) in [6.45, 7) is 2.56. The standard InChI is InChI=1S/C18H21NO2/c1-14-7-9-15(10-8-14)11-12-18(20)19-13-16-5-3-4-6-17(16)21-2/h3-10H,11-13H2,1-2H3,(H,19,20). The summed E-state index contributed by atoms with van der Waals surface area (Å²) in [5.41, 5.74) is 3.41. The summed E-state index contributed by atoms with van der Waals surface area (Å²) >= 11 is 0. The van der Waals surface area contributed by atoms with Crippen LogP contribution in [0, 0.1) is 6.92 Å². The van der Waals surface area contributed by atoms with Gasteiger partial charge in [0.2, 0.25) is 5.91 Å². The lowest BCUT2D eigenvalue weighted by molar-refractivity contribution is -0.121. The van der Waals surface area contributed by atoms with Crippen molar-refractivity contribution in [3.63, 3.8) is 0 Å². The molecule has 0 fully saturated rings. The van der Waals surface area contributed by atoms with Gasteiger partial charge in [-0.15, -0.1) is 0 Å². The summed E-state index contributed by atoms with van der Waals surface area (Å²) in [6, 6.07) is 16.0. The highest BCUT2D eigenvalue weighted by atomic mass is 16.5. The number of benzene rings is 2. The molecule has 0 aliphatic carbocycles. The van der Waals surface area contributed by atoms with Crippen LogP contribution >= 0.6 is 0 Å². The van der Waals surface area contributed by atoms with E-state index in [1.807, 2.05) is 24.3 Å². The van der Waals surface area contributed by atoms with Crippen molar-refractivity contribution in [2.45, 2.75) is 26.3 Å². The third-order valence-electron chi connectivity index (χ3n) is 3.43. The zero-order valence-corrected chi connectivity index (χ0v) is 12.6. The summed E-state index contributed by atoms with van der Waals surface area (Å²) in [5.74, 6) is 0.859. The lowest BCUT2D eigenvalue weighted by Gasteiger charge is -2.09. The maximum atomic E-state index is 11.9. The van der Waals surface area contributed by atoms with Crippen LogP contribution in [0.4, 0.5) is 0 Å². The smallest absolute Gasteiger partial charge is 0.220 e. The topological polar surface area (TPSA) is 38.3 Å². The number of ether oxygens (including phenoxy) is 1. The average molecular weight is 283 g/mol. The fourth-order valence-electron chi connectivity index (χ4n) is 2.14. The number of aryl methyl sites for hydroxylation is 2. The number of para-hydroxylation sites is 1. The van der Waals surface area contributed by atoms with Crippen molar-refractivity contribution in [1.29, 1.82) is 0 Å². The quantitative estimate of drug-likeness (QED) is 0.883. The Kier molecular flexibility index (Phi) is 5.38. The van der Waals surface area contributed by atoms with E-state index in [1.165, 1.54) is 11.1 Å². The molecule has 0 spiro atoms. The summed E-state index contributed by atoms with van der Waals surface area (Å²) in [7, 11) is 1.64. The van der Waals surface area contributed by atoms with Gasteiger partial charge in [-0.3, -0.25) is 4.79 Å². The Balaban J connectivity index is 1.81. The lowest BCUT2D eigenvalue weighted by Crippen LogP contribution is -2.23. The van der Waals surface area contributed by atoms with Gasteiger partial charge in [-0.2, -0.15) is 0 Å². The summed E-state index contributed by atoms with van der Waals surface area (Å²) in [4.78, 5) is 11.9. The highest BCUT2D eigenvalue weighted by Gasteiger charge is 2.05. The first-order chi connectivity index (χ1) is 10.2. The van der Waals surface area contributed by atoms with E-state index in [1.54, 1.807) is 7.11 Å². The first-order valence-electron chi connectivity index (χ1n) is 7.13. The van der Waals surface area contributed by atoms with Crippen LogP contribution in [0.25, 0.3) is 0 Å². The highest BCUT2D eigenvalue weighted by molar-refractivity contribution is 5.76. The minimum absolute atomic E-state index is 0.0569. The maximum absolute atomic E-state index is 11.9. The first kappa shape index (κ1) is 15.1. The monoisotopic (exact) mass is 283 g/mol. The fourth-order valence-corrected chi connectivity index (χ4v) is 2.14. The summed E-state index contributed by atoms with van der Waals surface area (Å²) in [5, 5.41) is 2.94. The molecule has 110 valence electrons. The van der Waals surface area contributed by atoms with E-state index < -0.39 is 0 Å². The number of nitrogens with one attached hydrogen (secondary N) is 1. The molecule has 1 N–H and O–H groups in total. The summed E-state index contributed by atoms with van der Waals surface area (Å²) in [6.07, 6.45) is 1.26. The Hall–Kier alpha value is -2.29. The van der Waals surface area contributed by atoms with Crippen LogP contribution in [-0.2, 0) is 17.8 Å². The van der Waals surface area contributed by atoms with Crippen molar-refractivity contribution in [3.05, 3.63) is 65.2 Å². The second-order valence-electron chi connectivity index (χ2n) is 5.07. The molecule has 0 aliphatic rings. The summed E-state index contributed by atoms with van der Waals surface area (Å²) < 4.78 is 5.27. The Morgan fingerprint density at radius 2 is 1.81 bits per heavy atom. The number of hydrogen-bond donors (Lipinski definition) is 1. The molecule has 0 aromatic heterocycles. The second kappa shape index (κ2) is 7.48. The van der Waals surface area contributed by atoms with E-state index in [2.05, 4.69) is 36.5 Å².